The molecule has 22 heavy (non-hydrogen) atoms. The molecule has 0 saturated carbocycles. The van der Waals surface area contributed by atoms with E-state index in [1.807, 2.05) is 0 Å². The summed E-state index contributed by atoms with van der Waals surface area (Å²) in [5.41, 5.74) is 0.480. The molecular weight excluding hydrogens is 337 g/mol. The summed E-state index contributed by atoms with van der Waals surface area (Å²) < 4.78 is 40.8. The van der Waals surface area contributed by atoms with Gasteiger partial charge in [0.2, 0.25) is 20.8 Å². The zero-order chi connectivity index (χ0) is 15.9. The molecule has 1 amide bonds. The van der Waals surface area contributed by atoms with Crippen molar-refractivity contribution in [3.63, 3.8) is 0 Å². The second kappa shape index (κ2) is 5.33. The van der Waals surface area contributed by atoms with Gasteiger partial charge in [0.05, 0.1) is 0 Å². The first-order valence-electron chi connectivity index (χ1n) is 6.18. The number of benzene rings is 1. The van der Waals surface area contributed by atoms with E-state index >= 15 is 0 Å². The standard InChI is InChI=1S/C12H9ClFN3O4S/c13-22(19,20)9-5-10(18)17(6-9)12-16-15-11(21-12)7-1-3-8(14)4-2-7/h1-4,9H,5-6H2. The molecule has 0 radical (unpaired) electrons. The first-order chi connectivity index (χ1) is 10.3. The summed E-state index contributed by atoms with van der Waals surface area (Å²) in [5.74, 6) is -0.781. The van der Waals surface area contributed by atoms with E-state index in [-0.39, 0.29) is 24.9 Å². The quantitative estimate of drug-likeness (QED) is 0.783. The molecule has 10 heteroatoms. The maximum Gasteiger partial charge on any atom is 0.325 e. The van der Waals surface area contributed by atoms with Crippen molar-refractivity contribution in [3.05, 3.63) is 30.1 Å². The topological polar surface area (TPSA) is 93.4 Å². The van der Waals surface area contributed by atoms with Crippen molar-refractivity contribution in [1.82, 2.24) is 10.2 Å². The molecule has 1 saturated heterocycles. The van der Waals surface area contributed by atoms with Crippen LogP contribution in [0, 0.1) is 5.82 Å². The normalized spacial score (nSPS) is 18.9. The minimum absolute atomic E-state index is 0.0972. The van der Waals surface area contributed by atoms with Crippen LogP contribution in [-0.4, -0.2) is 36.3 Å². The lowest BCUT2D eigenvalue weighted by molar-refractivity contribution is -0.117. The maximum atomic E-state index is 12.9. The Labute approximate surface area is 129 Å². The maximum absolute atomic E-state index is 12.9. The van der Waals surface area contributed by atoms with E-state index in [1.54, 1.807) is 0 Å². The minimum Gasteiger partial charge on any atom is -0.403 e. The molecule has 1 fully saturated rings. The molecule has 1 aliphatic heterocycles. The largest absolute Gasteiger partial charge is 0.403 e. The zero-order valence-corrected chi connectivity index (χ0v) is 12.5. The van der Waals surface area contributed by atoms with Crippen molar-refractivity contribution in [3.8, 4) is 11.5 Å². The molecule has 0 spiro atoms. The van der Waals surface area contributed by atoms with Crippen molar-refractivity contribution in [2.45, 2.75) is 11.7 Å². The third-order valence-electron chi connectivity index (χ3n) is 3.22. The summed E-state index contributed by atoms with van der Waals surface area (Å²) >= 11 is 0. The predicted octanol–water partition coefficient (Wildman–Crippen LogP) is 1.55. The van der Waals surface area contributed by atoms with E-state index < -0.39 is 26.0 Å². The lowest BCUT2D eigenvalue weighted by Crippen LogP contribution is -2.27. The molecule has 2 aromatic rings. The van der Waals surface area contributed by atoms with E-state index in [0.29, 0.717) is 5.56 Å². The van der Waals surface area contributed by atoms with Gasteiger partial charge in [-0.05, 0) is 24.3 Å². The van der Waals surface area contributed by atoms with Gasteiger partial charge >= 0.3 is 6.01 Å². The van der Waals surface area contributed by atoms with Gasteiger partial charge in [-0.15, -0.1) is 5.10 Å². The van der Waals surface area contributed by atoms with Gasteiger partial charge in [-0.3, -0.25) is 9.69 Å². The highest BCUT2D eigenvalue weighted by Crippen LogP contribution is 2.28. The van der Waals surface area contributed by atoms with Crippen LogP contribution < -0.4 is 4.90 Å². The van der Waals surface area contributed by atoms with Crippen molar-refractivity contribution < 1.29 is 22.0 Å². The summed E-state index contributed by atoms with van der Waals surface area (Å²) in [6, 6.07) is 5.24. The Morgan fingerprint density at radius 1 is 1.27 bits per heavy atom. The highest BCUT2D eigenvalue weighted by atomic mass is 35.7. The van der Waals surface area contributed by atoms with Crippen molar-refractivity contribution in [2.75, 3.05) is 11.4 Å². The van der Waals surface area contributed by atoms with E-state index in [0.717, 1.165) is 4.90 Å². The zero-order valence-electron chi connectivity index (χ0n) is 10.9. The first-order valence-corrected chi connectivity index (χ1v) is 8.55. The highest BCUT2D eigenvalue weighted by Gasteiger charge is 2.40. The van der Waals surface area contributed by atoms with E-state index in [1.165, 1.54) is 24.3 Å². The summed E-state index contributed by atoms with van der Waals surface area (Å²) in [5, 5.41) is 6.48. The van der Waals surface area contributed by atoms with Gasteiger partial charge in [-0.2, -0.15) is 0 Å². The van der Waals surface area contributed by atoms with Crippen LogP contribution in [0.25, 0.3) is 11.5 Å². The Kier molecular flexibility index (Phi) is 3.61. The molecule has 116 valence electrons. The van der Waals surface area contributed by atoms with E-state index in [2.05, 4.69) is 10.2 Å². The van der Waals surface area contributed by atoms with E-state index in [9.17, 15) is 17.6 Å². The third-order valence-corrected chi connectivity index (χ3v) is 5.09. The average molecular weight is 346 g/mol. The van der Waals surface area contributed by atoms with Crippen molar-refractivity contribution in [1.29, 1.82) is 0 Å². The fourth-order valence-corrected chi connectivity index (χ4v) is 3.11. The number of halogens is 2. The van der Waals surface area contributed by atoms with Crippen LogP contribution in [-0.2, 0) is 13.8 Å². The number of hydrogen-bond acceptors (Lipinski definition) is 6. The van der Waals surface area contributed by atoms with Crippen LogP contribution in [0.5, 0.6) is 0 Å². The molecule has 1 atom stereocenters. The fraction of sp³-hybridized carbons (Fsp3) is 0.250. The molecule has 1 aromatic carbocycles. The van der Waals surface area contributed by atoms with Crippen LogP contribution in [0.3, 0.4) is 0 Å². The number of nitrogens with zero attached hydrogens (tertiary/aromatic N) is 3. The summed E-state index contributed by atoms with van der Waals surface area (Å²) in [6.45, 7) is -0.143. The van der Waals surface area contributed by atoms with Gasteiger partial charge in [0, 0.05) is 29.2 Å². The van der Waals surface area contributed by atoms with Crippen LogP contribution in [0.2, 0.25) is 0 Å². The molecule has 0 N–H and O–H groups in total. The van der Waals surface area contributed by atoms with Gasteiger partial charge in [0.25, 0.3) is 0 Å². The summed E-state index contributed by atoms with van der Waals surface area (Å²) in [6.07, 6.45) is -0.236. The molecule has 0 bridgehead atoms. The molecule has 2 heterocycles. The van der Waals surface area contributed by atoms with Crippen molar-refractivity contribution >= 4 is 31.7 Å². The van der Waals surface area contributed by atoms with Gasteiger partial charge in [-0.1, -0.05) is 5.10 Å². The molecule has 3 rings (SSSR count). The lowest BCUT2D eigenvalue weighted by atomic mass is 10.2. The number of aromatic nitrogens is 2. The number of amides is 1. The van der Waals surface area contributed by atoms with Gasteiger partial charge < -0.3 is 4.42 Å². The molecular formula is C12H9ClFN3O4S. The molecule has 1 unspecified atom stereocenters. The molecule has 0 aliphatic carbocycles. The monoisotopic (exact) mass is 345 g/mol. The Balaban J connectivity index is 1.85. The minimum atomic E-state index is -3.85. The number of hydrogen-bond donors (Lipinski definition) is 0. The van der Waals surface area contributed by atoms with Gasteiger partial charge in [0.15, 0.2) is 0 Å². The Bertz CT molecular complexity index is 821. The Morgan fingerprint density at radius 2 is 1.95 bits per heavy atom. The summed E-state index contributed by atoms with van der Waals surface area (Å²) in [7, 11) is 1.42. The third kappa shape index (κ3) is 2.81. The predicted molar refractivity (Wildman–Crippen MR) is 75.2 cm³/mol. The number of rotatable bonds is 3. The Morgan fingerprint density at radius 3 is 2.55 bits per heavy atom. The van der Waals surface area contributed by atoms with Crippen molar-refractivity contribution in [2.24, 2.45) is 0 Å². The lowest BCUT2D eigenvalue weighted by Gasteiger charge is -2.09. The van der Waals surface area contributed by atoms with Crippen LogP contribution in [0.4, 0.5) is 10.4 Å². The van der Waals surface area contributed by atoms with Crippen LogP contribution in [0.1, 0.15) is 6.42 Å². The average Bonchev–Trinajstić information content (AvgIpc) is 3.05. The first kappa shape index (κ1) is 14.9. The number of carbonyl (C=O) groups excluding carboxylic acids is 1. The second-order valence-corrected chi connectivity index (χ2v) is 7.61. The number of carbonyl (C=O) groups is 1. The fourth-order valence-electron chi connectivity index (χ4n) is 2.08. The van der Waals surface area contributed by atoms with Gasteiger partial charge in [-0.25, -0.2) is 12.8 Å². The molecule has 7 nitrogen and oxygen atoms in total. The van der Waals surface area contributed by atoms with Crippen LogP contribution >= 0.6 is 10.7 Å². The van der Waals surface area contributed by atoms with Gasteiger partial charge in [0.1, 0.15) is 11.1 Å². The highest BCUT2D eigenvalue weighted by molar-refractivity contribution is 8.14. The Hall–Kier alpha value is -2.00. The second-order valence-electron chi connectivity index (χ2n) is 4.70. The number of anilines is 1. The summed E-state index contributed by atoms with van der Waals surface area (Å²) in [4.78, 5) is 12.9. The molecule has 1 aliphatic rings. The SMILES string of the molecule is O=C1CC(S(=O)(=O)Cl)CN1c1nnc(-c2ccc(F)cc2)o1. The molecule has 1 aromatic heterocycles. The van der Waals surface area contributed by atoms with E-state index in [4.69, 9.17) is 15.1 Å². The smallest absolute Gasteiger partial charge is 0.325 e. The van der Waals surface area contributed by atoms with Crippen LogP contribution in [0.15, 0.2) is 28.7 Å².